The maximum atomic E-state index is 12.7. The summed E-state index contributed by atoms with van der Waals surface area (Å²) in [7, 11) is 0. The van der Waals surface area contributed by atoms with Gasteiger partial charge in [0.05, 0.1) is 5.69 Å². The summed E-state index contributed by atoms with van der Waals surface area (Å²) in [6.07, 6.45) is 2.02. The molecule has 1 aromatic carbocycles. The second-order valence-corrected chi connectivity index (χ2v) is 5.63. The van der Waals surface area contributed by atoms with Crippen LogP contribution in [0.5, 0.6) is 0 Å². The lowest BCUT2D eigenvalue weighted by atomic mass is 9.96. The molecule has 1 aliphatic rings. The number of fused-ring (bicyclic) bond motifs is 1. The highest BCUT2D eigenvalue weighted by Gasteiger charge is 2.30. The van der Waals surface area contributed by atoms with Crippen molar-refractivity contribution >= 4 is 23.1 Å². The molecule has 5 heteroatoms. The van der Waals surface area contributed by atoms with E-state index in [1.165, 1.54) is 17.1 Å². The summed E-state index contributed by atoms with van der Waals surface area (Å²) in [5.41, 5.74) is 2.98. The van der Waals surface area contributed by atoms with E-state index in [1.54, 1.807) is 0 Å². The van der Waals surface area contributed by atoms with E-state index in [2.05, 4.69) is 22.6 Å². The fourth-order valence-electron chi connectivity index (χ4n) is 2.53. The van der Waals surface area contributed by atoms with Crippen molar-refractivity contribution in [2.75, 3.05) is 4.90 Å². The molecule has 0 radical (unpaired) electrons. The van der Waals surface area contributed by atoms with Gasteiger partial charge in [0, 0.05) is 11.7 Å². The molecular weight excluding hydrogens is 258 g/mol. The fourth-order valence-corrected chi connectivity index (χ4v) is 3.13. The van der Waals surface area contributed by atoms with Crippen molar-refractivity contribution in [2.24, 2.45) is 0 Å². The number of nitrogens with zero attached hydrogens (tertiary/aromatic N) is 3. The molecule has 0 fully saturated rings. The van der Waals surface area contributed by atoms with Crippen LogP contribution >= 0.6 is 11.5 Å². The van der Waals surface area contributed by atoms with Crippen LogP contribution in [-0.4, -0.2) is 21.5 Å². The van der Waals surface area contributed by atoms with Gasteiger partial charge in [-0.1, -0.05) is 22.7 Å². The third-order valence-corrected chi connectivity index (χ3v) is 4.40. The van der Waals surface area contributed by atoms with Crippen molar-refractivity contribution < 1.29 is 4.79 Å². The molecule has 0 aliphatic carbocycles. The summed E-state index contributed by atoms with van der Waals surface area (Å²) in [5, 5.41) is 3.93. The third kappa shape index (κ3) is 2.04. The Hall–Kier alpha value is -1.75. The molecule has 2 aromatic rings. The van der Waals surface area contributed by atoms with E-state index in [-0.39, 0.29) is 11.9 Å². The number of para-hydroxylation sites is 1. The summed E-state index contributed by atoms with van der Waals surface area (Å²) < 4.78 is 3.86. The van der Waals surface area contributed by atoms with Gasteiger partial charge in [-0.05, 0) is 49.9 Å². The molecule has 0 saturated heterocycles. The Morgan fingerprint density at radius 1 is 1.42 bits per heavy atom. The highest BCUT2D eigenvalue weighted by molar-refractivity contribution is 7.08. The van der Waals surface area contributed by atoms with Gasteiger partial charge in [0.15, 0.2) is 0 Å². The number of aryl methyl sites for hydroxylation is 2. The Balaban J connectivity index is 2.05. The Labute approximate surface area is 116 Å². The van der Waals surface area contributed by atoms with Crippen molar-refractivity contribution in [1.29, 1.82) is 0 Å². The van der Waals surface area contributed by atoms with E-state index in [0.717, 1.165) is 18.5 Å². The molecule has 3 rings (SSSR count). The first-order chi connectivity index (χ1) is 9.18. The Bertz CT molecular complexity index is 623. The molecule has 1 atom stereocenters. The monoisotopic (exact) mass is 273 g/mol. The molecule has 0 N–H and O–H groups in total. The molecule has 2 heterocycles. The summed E-state index contributed by atoms with van der Waals surface area (Å²) in [5.74, 6) is 0.0205. The van der Waals surface area contributed by atoms with Gasteiger partial charge in [0.2, 0.25) is 0 Å². The molecule has 0 bridgehead atoms. The van der Waals surface area contributed by atoms with Crippen LogP contribution in [0.3, 0.4) is 0 Å². The second kappa shape index (κ2) is 4.74. The van der Waals surface area contributed by atoms with Crippen LogP contribution in [0, 0.1) is 6.92 Å². The molecule has 0 spiro atoms. The first kappa shape index (κ1) is 12.3. The highest BCUT2D eigenvalue weighted by atomic mass is 32.1. The Morgan fingerprint density at radius 3 is 2.95 bits per heavy atom. The van der Waals surface area contributed by atoms with Crippen molar-refractivity contribution in [3.05, 3.63) is 40.4 Å². The number of carbonyl (C=O) groups is 1. The number of hydrogen-bond donors (Lipinski definition) is 0. The van der Waals surface area contributed by atoms with Crippen LogP contribution in [0.25, 0.3) is 0 Å². The molecule has 1 aromatic heterocycles. The van der Waals surface area contributed by atoms with Crippen LogP contribution in [0.4, 0.5) is 5.69 Å². The average molecular weight is 273 g/mol. The molecule has 4 nitrogen and oxygen atoms in total. The van der Waals surface area contributed by atoms with Gasteiger partial charge in [-0.15, -0.1) is 5.10 Å². The summed E-state index contributed by atoms with van der Waals surface area (Å²) in [4.78, 5) is 15.2. The minimum absolute atomic E-state index is 0.0205. The number of hydrogen-bond acceptors (Lipinski definition) is 4. The zero-order valence-electron chi connectivity index (χ0n) is 11.0. The lowest BCUT2D eigenvalue weighted by Crippen LogP contribution is -2.42. The molecular formula is C14H15N3OS. The van der Waals surface area contributed by atoms with Gasteiger partial charge in [-0.25, -0.2) is 0 Å². The van der Waals surface area contributed by atoms with Gasteiger partial charge >= 0.3 is 0 Å². The number of benzene rings is 1. The van der Waals surface area contributed by atoms with E-state index < -0.39 is 0 Å². The van der Waals surface area contributed by atoms with E-state index >= 15 is 0 Å². The largest absolute Gasteiger partial charge is 0.304 e. The van der Waals surface area contributed by atoms with Gasteiger partial charge < -0.3 is 4.90 Å². The standard InChI is InChI=1S/C14H15N3OS/c1-9-7-8-11-5-3-4-6-12(11)17(9)14(18)13-10(2)15-16-19-13/h3-6,9H,7-8H2,1-2H3/t9-/m1/s1. The SMILES string of the molecule is Cc1nnsc1C(=O)N1c2ccccc2CC[C@H]1C. The zero-order chi connectivity index (χ0) is 13.4. The van der Waals surface area contributed by atoms with E-state index in [4.69, 9.17) is 0 Å². The molecule has 19 heavy (non-hydrogen) atoms. The maximum absolute atomic E-state index is 12.7. The van der Waals surface area contributed by atoms with Crippen LogP contribution in [-0.2, 0) is 6.42 Å². The van der Waals surface area contributed by atoms with Crippen LogP contribution in [0.2, 0.25) is 0 Å². The normalized spacial score (nSPS) is 18.2. The maximum Gasteiger partial charge on any atom is 0.272 e. The van der Waals surface area contributed by atoms with E-state index in [0.29, 0.717) is 10.6 Å². The predicted octanol–water partition coefficient (Wildman–Crippen LogP) is 2.83. The Morgan fingerprint density at radius 2 is 2.21 bits per heavy atom. The van der Waals surface area contributed by atoms with Crippen LogP contribution in [0.15, 0.2) is 24.3 Å². The Kier molecular flexibility index (Phi) is 3.06. The highest BCUT2D eigenvalue weighted by Crippen LogP contribution is 2.32. The predicted molar refractivity (Wildman–Crippen MR) is 75.7 cm³/mol. The number of carbonyl (C=O) groups excluding carboxylic acids is 1. The lowest BCUT2D eigenvalue weighted by molar-refractivity contribution is 0.0978. The molecule has 1 amide bonds. The van der Waals surface area contributed by atoms with Crippen LogP contribution in [0.1, 0.15) is 34.3 Å². The molecule has 1 aliphatic heterocycles. The summed E-state index contributed by atoms with van der Waals surface area (Å²) in [6, 6.07) is 8.33. The number of rotatable bonds is 1. The van der Waals surface area contributed by atoms with E-state index in [9.17, 15) is 4.79 Å². The minimum Gasteiger partial charge on any atom is -0.304 e. The zero-order valence-corrected chi connectivity index (χ0v) is 11.8. The number of amides is 1. The number of aromatic nitrogens is 2. The van der Waals surface area contributed by atoms with Crippen LogP contribution < -0.4 is 4.90 Å². The van der Waals surface area contributed by atoms with Crippen molar-refractivity contribution in [3.8, 4) is 0 Å². The van der Waals surface area contributed by atoms with E-state index in [1.807, 2.05) is 30.0 Å². The average Bonchev–Trinajstić information content (AvgIpc) is 2.84. The molecule has 0 saturated carbocycles. The number of anilines is 1. The molecule has 0 unspecified atom stereocenters. The first-order valence-corrected chi connectivity index (χ1v) is 7.16. The molecule has 98 valence electrons. The van der Waals surface area contributed by atoms with Gasteiger partial charge in [-0.3, -0.25) is 4.79 Å². The van der Waals surface area contributed by atoms with Gasteiger partial charge in [-0.2, -0.15) is 0 Å². The fraction of sp³-hybridized carbons (Fsp3) is 0.357. The lowest BCUT2D eigenvalue weighted by Gasteiger charge is -2.35. The second-order valence-electron chi connectivity index (χ2n) is 4.88. The van der Waals surface area contributed by atoms with Crippen molar-refractivity contribution in [3.63, 3.8) is 0 Å². The van der Waals surface area contributed by atoms with Gasteiger partial charge in [0.1, 0.15) is 4.88 Å². The van der Waals surface area contributed by atoms with Crippen molar-refractivity contribution in [1.82, 2.24) is 9.59 Å². The smallest absolute Gasteiger partial charge is 0.272 e. The first-order valence-electron chi connectivity index (χ1n) is 6.39. The summed E-state index contributed by atoms with van der Waals surface area (Å²) >= 11 is 1.18. The van der Waals surface area contributed by atoms with Gasteiger partial charge in [0.25, 0.3) is 5.91 Å². The topological polar surface area (TPSA) is 46.1 Å². The van der Waals surface area contributed by atoms with Crippen molar-refractivity contribution in [2.45, 2.75) is 32.7 Å². The minimum atomic E-state index is 0.0205. The summed E-state index contributed by atoms with van der Waals surface area (Å²) in [6.45, 7) is 3.93. The third-order valence-electron chi connectivity index (χ3n) is 3.59. The quantitative estimate of drug-likeness (QED) is 0.802.